The highest BCUT2D eigenvalue weighted by Crippen LogP contribution is 2.58. The summed E-state index contributed by atoms with van der Waals surface area (Å²) in [7, 11) is 1.60. The highest BCUT2D eigenvalue weighted by atomic mass is 19.1. The van der Waals surface area contributed by atoms with Gasteiger partial charge in [-0.25, -0.2) is 4.39 Å². The maximum atomic E-state index is 14.8. The van der Waals surface area contributed by atoms with Crippen LogP contribution >= 0.6 is 0 Å². The topological polar surface area (TPSA) is 100 Å². The van der Waals surface area contributed by atoms with Crippen LogP contribution in [0.25, 0.3) is 16.5 Å². The first-order chi connectivity index (χ1) is 20.1. The van der Waals surface area contributed by atoms with Gasteiger partial charge < -0.3 is 20.3 Å². The Kier molecular flexibility index (Phi) is 8.16. The molecule has 2 aromatic carbocycles. The number of aliphatic carboxylic acids is 1. The predicted octanol–water partition coefficient (Wildman–Crippen LogP) is 5.85. The summed E-state index contributed by atoms with van der Waals surface area (Å²) >= 11 is 0. The van der Waals surface area contributed by atoms with Crippen molar-refractivity contribution in [3.8, 4) is 0 Å². The Balaban J connectivity index is 1.32. The molecule has 0 aliphatic heterocycles. The molecule has 0 radical (unpaired) electrons. The molecule has 0 bridgehead atoms. The summed E-state index contributed by atoms with van der Waals surface area (Å²) in [5.41, 5.74) is 4.55. The number of hydrogen-bond donors (Lipinski definition) is 3. The molecule has 0 unspecified atom stereocenters. The number of likely N-dealkylation sites (N-methyl/N-ethyl adjacent to an activating group) is 1. The molecule has 0 atom stereocenters. The van der Waals surface area contributed by atoms with Gasteiger partial charge >= 0.3 is 5.97 Å². The maximum Gasteiger partial charge on any atom is 0.306 e. The van der Waals surface area contributed by atoms with E-state index in [-0.39, 0.29) is 35.0 Å². The minimum Gasteiger partial charge on any atom is -0.481 e. The Morgan fingerprint density at radius 2 is 1.76 bits per heavy atom. The van der Waals surface area contributed by atoms with Crippen LogP contribution in [0.15, 0.2) is 78.5 Å². The number of allylic oxidation sites excluding steroid dienone is 5. The van der Waals surface area contributed by atoms with Crippen LogP contribution in [0, 0.1) is 17.2 Å². The van der Waals surface area contributed by atoms with Crippen molar-refractivity contribution in [3.63, 3.8) is 0 Å². The summed E-state index contributed by atoms with van der Waals surface area (Å²) in [6.07, 6.45) is 12.3. The number of carbonyl (C=O) groups is 3. The first-order valence-electron chi connectivity index (χ1n) is 14.3. The lowest BCUT2D eigenvalue weighted by molar-refractivity contribution is -0.155. The fourth-order valence-electron chi connectivity index (χ4n) is 6.36. The van der Waals surface area contributed by atoms with Gasteiger partial charge in [-0.3, -0.25) is 14.4 Å². The second-order valence-corrected chi connectivity index (χ2v) is 11.6. The molecule has 3 aromatic rings. The normalized spacial score (nSPS) is 22.2. The largest absolute Gasteiger partial charge is 0.481 e. The van der Waals surface area contributed by atoms with Crippen molar-refractivity contribution < 1.29 is 23.9 Å². The average Bonchev–Trinajstić information content (AvgIpc) is 3.35. The smallest absolute Gasteiger partial charge is 0.306 e. The van der Waals surface area contributed by atoms with E-state index in [0.29, 0.717) is 41.4 Å². The summed E-state index contributed by atoms with van der Waals surface area (Å²) in [6.45, 7) is 4.15. The summed E-state index contributed by atoms with van der Waals surface area (Å²) in [4.78, 5) is 36.3. The number of nitrogens with one attached hydrogen (secondary N) is 2. The summed E-state index contributed by atoms with van der Waals surface area (Å²) in [5.74, 6) is -1.76. The Labute approximate surface area is 244 Å². The number of rotatable bonds is 9. The Morgan fingerprint density at radius 1 is 1.05 bits per heavy atom. The van der Waals surface area contributed by atoms with Crippen LogP contribution in [0.3, 0.4) is 0 Å². The number of halogens is 1. The molecule has 2 aliphatic rings. The maximum absolute atomic E-state index is 14.8. The van der Waals surface area contributed by atoms with Crippen LogP contribution in [0.5, 0.6) is 0 Å². The third-order valence-corrected chi connectivity index (χ3v) is 8.60. The van der Waals surface area contributed by atoms with Crippen LogP contribution in [-0.2, 0) is 16.1 Å². The van der Waals surface area contributed by atoms with Gasteiger partial charge in [-0.05, 0) is 79.8 Å². The van der Waals surface area contributed by atoms with E-state index in [4.69, 9.17) is 0 Å². The summed E-state index contributed by atoms with van der Waals surface area (Å²) < 4.78 is 16.7. The second-order valence-electron chi connectivity index (χ2n) is 11.6. The molecule has 2 fully saturated rings. The quantitative estimate of drug-likeness (QED) is 0.222. The van der Waals surface area contributed by atoms with E-state index in [2.05, 4.69) is 10.6 Å². The fourth-order valence-corrected chi connectivity index (χ4v) is 6.36. The van der Waals surface area contributed by atoms with Gasteiger partial charge in [0.1, 0.15) is 5.82 Å². The number of hydrogen-bond acceptors (Lipinski definition) is 3. The van der Waals surface area contributed by atoms with E-state index in [1.807, 2.05) is 54.0 Å². The van der Waals surface area contributed by atoms with Crippen molar-refractivity contribution in [1.29, 1.82) is 0 Å². The number of nitrogens with zero attached hydrogens (tertiary/aromatic N) is 1. The van der Waals surface area contributed by atoms with Crippen molar-refractivity contribution in [2.24, 2.45) is 11.3 Å². The number of carboxylic acids is 1. The molecular formula is C34H36FN3O4. The molecule has 2 aliphatic carbocycles. The Morgan fingerprint density at radius 3 is 2.40 bits per heavy atom. The van der Waals surface area contributed by atoms with Crippen LogP contribution < -0.4 is 10.6 Å². The highest BCUT2D eigenvalue weighted by Gasteiger charge is 2.55. The van der Waals surface area contributed by atoms with Gasteiger partial charge in [-0.1, -0.05) is 48.6 Å². The fraction of sp³-hybridized carbons (Fsp3) is 0.324. The monoisotopic (exact) mass is 569 g/mol. The number of benzene rings is 2. The first-order valence-corrected chi connectivity index (χ1v) is 14.3. The molecule has 1 heterocycles. The third-order valence-electron chi connectivity index (χ3n) is 8.60. The Hall–Kier alpha value is -4.46. The predicted molar refractivity (Wildman–Crippen MR) is 161 cm³/mol. The zero-order valence-corrected chi connectivity index (χ0v) is 24.1. The van der Waals surface area contributed by atoms with E-state index in [0.717, 1.165) is 29.5 Å². The average molecular weight is 570 g/mol. The van der Waals surface area contributed by atoms with Crippen molar-refractivity contribution in [2.75, 3.05) is 7.05 Å². The summed E-state index contributed by atoms with van der Waals surface area (Å²) in [6, 6.07) is 12.6. The van der Waals surface area contributed by atoms with Crippen LogP contribution in [0.2, 0.25) is 0 Å². The van der Waals surface area contributed by atoms with Gasteiger partial charge in [-0.2, -0.15) is 0 Å². The summed E-state index contributed by atoms with van der Waals surface area (Å²) in [5, 5.41) is 15.3. The van der Waals surface area contributed by atoms with Gasteiger partial charge in [0.05, 0.1) is 17.0 Å². The Bertz CT molecular complexity index is 1620. The molecule has 5 rings (SSSR count). The lowest BCUT2D eigenvalue weighted by atomic mass is 9.50. The molecule has 1 aromatic heterocycles. The van der Waals surface area contributed by atoms with E-state index in [1.54, 1.807) is 32.3 Å². The number of amides is 2. The zero-order chi connectivity index (χ0) is 30.0. The zero-order valence-electron chi connectivity index (χ0n) is 24.1. The van der Waals surface area contributed by atoms with Gasteiger partial charge in [0.25, 0.3) is 5.91 Å². The van der Waals surface area contributed by atoms with Crippen LogP contribution in [0.1, 0.15) is 61.0 Å². The van der Waals surface area contributed by atoms with Crippen LogP contribution in [0.4, 0.5) is 4.39 Å². The van der Waals surface area contributed by atoms with E-state index in [1.165, 1.54) is 12.1 Å². The SMILES string of the molecule is C\C=C/C(=C\C=C(/C)C(=O)NC)c1ccc(Cn2ccc3c(F)ccc(C(=O)NC4CC5(C4)CC(C(=O)O)C5)c32)cc1. The third kappa shape index (κ3) is 5.79. The number of fused-ring (bicyclic) bond motifs is 1. The molecule has 0 saturated heterocycles. The molecule has 218 valence electrons. The van der Waals surface area contributed by atoms with E-state index in [9.17, 15) is 23.9 Å². The molecule has 3 N–H and O–H groups in total. The second kappa shape index (κ2) is 11.8. The molecule has 1 spiro atoms. The van der Waals surface area contributed by atoms with Gasteiger partial charge in [0, 0.05) is 36.8 Å². The molecule has 2 amide bonds. The number of aromatic nitrogens is 1. The van der Waals surface area contributed by atoms with Gasteiger partial charge in [-0.15, -0.1) is 0 Å². The number of carbonyl (C=O) groups excluding carboxylic acids is 2. The molecule has 2 saturated carbocycles. The lowest BCUT2D eigenvalue weighted by Gasteiger charge is -2.56. The molecular weight excluding hydrogens is 533 g/mol. The molecule has 8 heteroatoms. The molecule has 42 heavy (non-hydrogen) atoms. The van der Waals surface area contributed by atoms with E-state index >= 15 is 0 Å². The van der Waals surface area contributed by atoms with Crippen molar-refractivity contribution in [3.05, 3.63) is 101 Å². The van der Waals surface area contributed by atoms with Crippen molar-refractivity contribution in [1.82, 2.24) is 15.2 Å². The standard InChI is InChI=1S/C34H36FN3O4/c1-4-5-23(9-6-21(2)31(39)36-3)24-10-7-22(8-11-24)20-38-15-14-27-29(35)13-12-28(30(27)38)32(40)37-26-18-34(19-26)16-25(17-34)33(41)42/h4-15,25-26H,16-20H2,1-3H3,(H,36,39)(H,37,40)(H,41,42)/b5-4-,21-6+,23-9+. The van der Waals surface area contributed by atoms with Crippen LogP contribution in [-0.4, -0.2) is 40.5 Å². The lowest BCUT2D eigenvalue weighted by Crippen LogP contribution is -2.57. The minimum absolute atomic E-state index is 0.00212. The van der Waals surface area contributed by atoms with Gasteiger partial charge in [0.2, 0.25) is 5.91 Å². The van der Waals surface area contributed by atoms with Crippen molar-refractivity contribution >= 4 is 34.3 Å². The first kappa shape index (κ1) is 29.0. The van der Waals surface area contributed by atoms with Crippen molar-refractivity contribution in [2.45, 2.75) is 52.1 Å². The number of carboxylic acid groups (broad SMARTS) is 1. The highest BCUT2D eigenvalue weighted by molar-refractivity contribution is 6.06. The van der Waals surface area contributed by atoms with E-state index < -0.39 is 5.97 Å². The van der Waals surface area contributed by atoms with Gasteiger partial charge in [0.15, 0.2) is 0 Å². The minimum atomic E-state index is -0.739. The molecule has 7 nitrogen and oxygen atoms in total.